The molecule has 1 aliphatic rings. The Bertz CT molecular complexity index is 917. The number of halogens is 2. The van der Waals surface area contributed by atoms with Crippen LogP contribution in [0.5, 0.6) is 0 Å². The zero-order valence-corrected chi connectivity index (χ0v) is 15.8. The Labute approximate surface area is 165 Å². The number of nitro groups is 1. The van der Waals surface area contributed by atoms with Crippen molar-refractivity contribution in [3.05, 3.63) is 68.2 Å². The minimum atomic E-state index is -0.701. The first kappa shape index (κ1) is 19.1. The van der Waals surface area contributed by atoms with Crippen LogP contribution in [0.25, 0.3) is 0 Å². The maximum atomic E-state index is 12.8. The summed E-state index contributed by atoms with van der Waals surface area (Å²) in [4.78, 5) is 38.7. The zero-order chi connectivity index (χ0) is 19.7. The highest BCUT2D eigenvalue weighted by atomic mass is 35.5. The van der Waals surface area contributed by atoms with Crippen molar-refractivity contribution in [2.75, 3.05) is 18.0 Å². The number of rotatable bonds is 3. The Hall–Kier alpha value is -2.64. The predicted molar refractivity (Wildman–Crippen MR) is 102 cm³/mol. The second kappa shape index (κ2) is 7.54. The summed E-state index contributed by atoms with van der Waals surface area (Å²) in [7, 11) is 0. The molecule has 27 heavy (non-hydrogen) atoms. The van der Waals surface area contributed by atoms with E-state index >= 15 is 0 Å². The lowest BCUT2D eigenvalue weighted by atomic mass is 10.1. The van der Waals surface area contributed by atoms with Crippen molar-refractivity contribution in [3.8, 4) is 0 Å². The van der Waals surface area contributed by atoms with Gasteiger partial charge in [-0.3, -0.25) is 19.7 Å². The first-order chi connectivity index (χ1) is 12.8. The number of non-ortho nitro benzene ring substituents is 1. The SMILES string of the molecule is CC1C(=O)N(c2ccc(Cl)cc2Cl)CCN1C(=O)c1ccc([N+](=O)[O-])cc1. The molecule has 0 spiro atoms. The van der Waals surface area contributed by atoms with Gasteiger partial charge in [0.15, 0.2) is 0 Å². The van der Waals surface area contributed by atoms with Gasteiger partial charge in [0.1, 0.15) is 6.04 Å². The van der Waals surface area contributed by atoms with Crippen molar-refractivity contribution >= 4 is 46.4 Å². The minimum Gasteiger partial charge on any atom is -0.325 e. The van der Waals surface area contributed by atoms with E-state index in [1.54, 1.807) is 25.1 Å². The van der Waals surface area contributed by atoms with Gasteiger partial charge < -0.3 is 9.80 Å². The summed E-state index contributed by atoms with van der Waals surface area (Å²) in [6, 6.07) is 9.49. The van der Waals surface area contributed by atoms with Crippen molar-refractivity contribution in [1.82, 2.24) is 4.90 Å². The summed E-state index contributed by atoms with van der Waals surface area (Å²) in [5.41, 5.74) is 0.733. The van der Waals surface area contributed by atoms with Gasteiger partial charge >= 0.3 is 0 Å². The molecule has 0 bridgehead atoms. The van der Waals surface area contributed by atoms with E-state index in [-0.39, 0.29) is 24.0 Å². The Balaban J connectivity index is 1.79. The fourth-order valence-electron chi connectivity index (χ4n) is 2.98. The van der Waals surface area contributed by atoms with E-state index in [0.717, 1.165) is 0 Å². The van der Waals surface area contributed by atoms with Crippen LogP contribution in [0, 0.1) is 10.1 Å². The summed E-state index contributed by atoms with van der Waals surface area (Å²) in [6.07, 6.45) is 0. The maximum absolute atomic E-state index is 12.8. The molecule has 140 valence electrons. The average molecular weight is 408 g/mol. The molecule has 0 N–H and O–H groups in total. The zero-order valence-electron chi connectivity index (χ0n) is 14.3. The topological polar surface area (TPSA) is 83.8 Å². The third-order valence-electron chi connectivity index (χ3n) is 4.44. The molecular weight excluding hydrogens is 393 g/mol. The third-order valence-corrected chi connectivity index (χ3v) is 4.98. The van der Waals surface area contributed by atoms with Crippen LogP contribution in [0.1, 0.15) is 17.3 Å². The van der Waals surface area contributed by atoms with Gasteiger partial charge in [-0.05, 0) is 37.3 Å². The summed E-state index contributed by atoms with van der Waals surface area (Å²) >= 11 is 12.1. The van der Waals surface area contributed by atoms with Crippen molar-refractivity contribution in [3.63, 3.8) is 0 Å². The van der Waals surface area contributed by atoms with Gasteiger partial charge in [-0.1, -0.05) is 23.2 Å². The molecule has 0 radical (unpaired) electrons. The van der Waals surface area contributed by atoms with E-state index < -0.39 is 11.0 Å². The maximum Gasteiger partial charge on any atom is 0.269 e. The van der Waals surface area contributed by atoms with Gasteiger partial charge in [0.2, 0.25) is 5.91 Å². The first-order valence-electron chi connectivity index (χ1n) is 8.11. The fourth-order valence-corrected chi connectivity index (χ4v) is 3.49. The van der Waals surface area contributed by atoms with Crippen molar-refractivity contribution in [2.45, 2.75) is 13.0 Å². The van der Waals surface area contributed by atoms with Crippen LogP contribution >= 0.6 is 23.2 Å². The number of piperazine rings is 1. The lowest BCUT2D eigenvalue weighted by Gasteiger charge is -2.39. The smallest absolute Gasteiger partial charge is 0.269 e. The highest BCUT2D eigenvalue weighted by Gasteiger charge is 2.36. The highest BCUT2D eigenvalue weighted by molar-refractivity contribution is 6.36. The quantitative estimate of drug-likeness (QED) is 0.572. The summed E-state index contributed by atoms with van der Waals surface area (Å²) < 4.78 is 0. The molecule has 1 heterocycles. The molecule has 1 unspecified atom stereocenters. The Morgan fingerprint density at radius 3 is 2.41 bits per heavy atom. The summed E-state index contributed by atoms with van der Waals surface area (Å²) in [6.45, 7) is 2.23. The van der Waals surface area contributed by atoms with Crippen LogP contribution in [0.15, 0.2) is 42.5 Å². The molecule has 2 aromatic rings. The molecule has 0 aliphatic carbocycles. The Morgan fingerprint density at radius 1 is 1.15 bits per heavy atom. The summed E-state index contributed by atoms with van der Waals surface area (Å²) in [5.74, 6) is -0.617. The number of benzene rings is 2. The van der Waals surface area contributed by atoms with Crippen LogP contribution in [0.2, 0.25) is 10.0 Å². The number of hydrogen-bond donors (Lipinski definition) is 0. The van der Waals surface area contributed by atoms with Crippen molar-refractivity contribution in [2.24, 2.45) is 0 Å². The van der Waals surface area contributed by atoms with Crippen molar-refractivity contribution in [1.29, 1.82) is 0 Å². The van der Waals surface area contributed by atoms with Gasteiger partial charge in [-0.15, -0.1) is 0 Å². The van der Waals surface area contributed by atoms with Crippen LogP contribution in [-0.2, 0) is 4.79 Å². The van der Waals surface area contributed by atoms with E-state index in [0.29, 0.717) is 27.8 Å². The third kappa shape index (κ3) is 3.74. The van der Waals surface area contributed by atoms with E-state index in [2.05, 4.69) is 0 Å². The number of hydrogen-bond acceptors (Lipinski definition) is 4. The van der Waals surface area contributed by atoms with Crippen LogP contribution in [-0.4, -0.2) is 40.8 Å². The van der Waals surface area contributed by atoms with E-state index in [1.807, 2.05) is 0 Å². The fraction of sp³-hybridized carbons (Fsp3) is 0.222. The number of nitrogens with zero attached hydrogens (tertiary/aromatic N) is 3. The standard InChI is InChI=1S/C18H15Cl2N3O4/c1-11-17(24)22(16-7-4-13(19)10-15(16)20)9-8-21(11)18(25)12-2-5-14(6-3-12)23(26)27/h2-7,10-11H,8-9H2,1H3. The molecule has 0 aromatic heterocycles. The normalized spacial score (nSPS) is 17.1. The summed E-state index contributed by atoms with van der Waals surface area (Å²) in [5, 5.41) is 11.6. The molecule has 2 amide bonds. The van der Waals surface area contributed by atoms with Crippen LogP contribution in [0.4, 0.5) is 11.4 Å². The monoisotopic (exact) mass is 407 g/mol. The van der Waals surface area contributed by atoms with Gasteiger partial charge in [0, 0.05) is 35.8 Å². The molecule has 9 heteroatoms. The highest BCUT2D eigenvalue weighted by Crippen LogP contribution is 2.31. The second-order valence-corrected chi connectivity index (χ2v) is 6.91. The molecule has 1 saturated heterocycles. The molecule has 1 aliphatic heterocycles. The number of nitro benzene ring substituents is 1. The minimum absolute atomic E-state index is 0.0992. The van der Waals surface area contributed by atoms with Crippen LogP contribution < -0.4 is 4.90 Å². The van der Waals surface area contributed by atoms with E-state index in [1.165, 1.54) is 34.1 Å². The molecule has 1 fully saturated rings. The number of carbonyl (C=O) groups is 2. The molecule has 1 atom stereocenters. The molecule has 2 aromatic carbocycles. The lowest BCUT2D eigenvalue weighted by molar-refractivity contribution is -0.384. The van der Waals surface area contributed by atoms with Gasteiger partial charge in [-0.25, -0.2) is 0 Å². The van der Waals surface area contributed by atoms with Gasteiger partial charge in [0.05, 0.1) is 15.6 Å². The molecule has 0 saturated carbocycles. The molecule has 7 nitrogen and oxygen atoms in total. The number of anilines is 1. The van der Waals surface area contributed by atoms with Gasteiger partial charge in [0.25, 0.3) is 11.6 Å². The Morgan fingerprint density at radius 2 is 1.81 bits per heavy atom. The lowest BCUT2D eigenvalue weighted by Crippen LogP contribution is -2.57. The van der Waals surface area contributed by atoms with E-state index in [4.69, 9.17) is 23.2 Å². The largest absolute Gasteiger partial charge is 0.325 e. The number of amides is 2. The molecular formula is C18H15Cl2N3O4. The van der Waals surface area contributed by atoms with Crippen molar-refractivity contribution < 1.29 is 14.5 Å². The average Bonchev–Trinajstić information content (AvgIpc) is 2.64. The number of carbonyl (C=O) groups excluding carboxylic acids is 2. The Kier molecular flexibility index (Phi) is 5.34. The van der Waals surface area contributed by atoms with E-state index in [9.17, 15) is 19.7 Å². The van der Waals surface area contributed by atoms with Crippen LogP contribution in [0.3, 0.4) is 0 Å². The van der Waals surface area contributed by atoms with Gasteiger partial charge in [-0.2, -0.15) is 0 Å². The second-order valence-electron chi connectivity index (χ2n) is 6.06. The predicted octanol–water partition coefficient (Wildman–Crippen LogP) is 3.78. The molecule has 3 rings (SSSR count). The first-order valence-corrected chi connectivity index (χ1v) is 8.87.